The van der Waals surface area contributed by atoms with Crippen LogP contribution in [-0.2, 0) is 14.6 Å². The van der Waals surface area contributed by atoms with Crippen molar-refractivity contribution >= 4 is 54.6 Å². The third-order valence-corrected chi connectivity index (χ3v) is 7.53. The van der Waals surface area contributed by atoms with Gasteiger partial charge in [0.1, 0.15) is 5.01 Å². The molecule has 0 saturated carbocycles. The van der Waals surface area contributed by atoms with Gasteiger partial charge in [-0.2, -0.15) is 0 Å². The van der Waals surface area contributed by atoms with Crippen LogP contribution in [-0.4, -0.2) is 25.1 Å². The maximum Gasteiger partial charge on any atom is 0.225 e. The Labute approximate surface area is 183 Å². The number of hydrogen-bond donors (Lipinski definition) is 1. The van der Waals surface area contributed by atoms with E-state index < -0.39 is 9.84 Å². The van der Waals surface area contributed by atoms with E-state index in [9.17, 15) is 13.2 Å². The van der Waals surface area contributed by atoms with E-state index in [4.69, 9.17) is 11.6 Å². The molecule has 1 heterocycles. The number of aromatic nitrogens is 1. The van der Waals surface area contributed by atoms with Gasteiger partial charge < -0.3 is 5.32 Å². The summed E-state index contributed by atoms with van der Waals surface area (Å²) in [5.41, 5.74) is 2.42. The Kier molecular flexibility index (Phi) is 5.85. The summed E-state index contributed by atoms with van der Waals surface area (Å²) in [4.78, 5) is 17.1. The average Bonchev–Trinajstić information content (AvgIpc) is 3.17. The lowest BCUT2D eigenvalue weighted by Crippen LogP contribution is -2.17. The number of halogens is 1. The van der Waals surface area contributed by atoms with Crippen molar-refractivity contribution in [3.05, 3.63) is 77.8 Å². The maximum atomic E-state index is 12.4. The minimum atomic E-state index is -3.56. The van der Waals surface area contributed by atoms with Crippen LogP contribution >= 0.6 is 22.9 Å². The molecule has 0 aliphatic carbocycles. The molecule has 4 rings (SSSR count). The van der Waals surface area contributed by atoms with Gasteiger partial charge in [0.05, 0.1) is 20.9 Å². The number of anilines is 1. The predicted molar refractivity (Wildman–Crippen MR) is 122 cm³/mol. The molecule has 5 nitrogen and oxygen atoms in total. The molecule has 4 aromatic rings. The highest BCUT2D eigenvalue weighted by molar-refractivity contribution is 7.91. The van der Waals surface area contributed by atoms with Crippen molar-refractivity contribution in [2.24, 2.45) is 0 Å². The monoisotopic (exact) mass is 456 g/mol. The van der Waals surface area contributed by atoms with Crippen molar-refractivity contribution in [3.63, 3.8) is 0 Å². The van der Waals surface area contributed by atoms with Crippen molar-refractivity contribution < 1.29 is 13.2 Å². The number of fused-ring (bicyclic) bond motifs is 1. The zero-order valence-electron chi connectivity index (χ0n) is 15.7. The van der Waals surface area contributed by atoms with Gasteiger partial charge in [0.15, 0.2) is 9.84 Å². The number of amides is 1. The number of nitrogens with one attached hydrogen (secondary N) is 1. The number of nitrogens with zero attached hydrogens (tertiary/aromatic N) is 1. The lowest BCUT2D eigenvalue weighted by molar-refractivity contribution is -0.115. The minimum Gasteiger partial charge on any atom is -0.326 e. The third-order valence-electron chi connectivity index (χ3n) is 4.46. The molecule has 30 heavy (non-hydrogen) atoms. The SMILES string of the molecule is O=C(CCS(=O)(=O)c1ccc(Cl)cc1)Nc1cccc(-c2nc3ccccc3s2)c1. The number of thiazole rings is 1. The van der Waals surface area contributed by atoms with Gasteiger partial charge in [-0.1, -0.05) is 35.9 Å². The van der Waals surface area contributed by atoms with E-state index >= 15 is 0 Å². The number of benzene rings is 3. The van der Waals surface area contributed by atoms with E-state index in [-0.39, 0.29) is 23.0 Å². The van der Waals surface area contributed by atoms with Crippen LogP contribution in [0.4, 0.5) is 5.69 Å². The van der Waals surface area contributed by atoms with Crippen molar-refractivity contribution in [2.45, 2.75) is 11.3 Å². The first kappa shape index (κ1) is 20.5. The summed E-state index contributed by atoms with van der Waals surface area (Å²) in [5.74, 6) is -0.646. The molecule has 0 aliphatic rings. The van der Waals surface area contributed by atoms with Crippen LogP contribution in [0.1, 0.15) is 6.42 Å². The van der Waals surface area contributed by atoms with E-state index in [0.717, 1.165) is 20.8 Å². The smallest absolute Gasteiger partial charge is 0.225 e. The first-order chi connectivity index (χ1) is 14.4. The summed E-state index contributed by atoms with van der Waals surface area (Å²) in [6.07, 6.45) is -0.143. The van der Waals surface area contributed by atoms with Crippen molar-refractivity contribution in [1.29, 1.82) is 0 Å². The Balaban J connectivity index is 1.43. The molecule has 0 radical (unpaired) electrons. The van der Waals surface area contributed by atoms with E-state index in [1.807, 2.05) is 42.5 Å². The fourth-order valence-electron chi connectivity index (χ4n) is 2.94. The van der Waals surface area contributed by atoms with Gasteiger partial charge in [-0.25, -0.2) is 13.4 Å². The highest BCUT2D eigenvalue weighted by Gasteiger charge is 2.17. The second-order valence-corrected chi connectivity index (χ2v) is 10.2. The Morgan fingerprint density at radius 3 is 2.53 bits per heavy atom. The number of hydrogen-bond acceptors (Lipinski definition) is 5. The van der Waals surface area contributed by atoms with Crippen LogP contribution in [0.15, 0.2) is 77.7 Å². The maximum absolute atomic E-state index is 12.4. The topological polar surface area (TPSA) is 76.1 Å². The molecule has 1 N–H and O–H groups in total. The Bertz CT molecular complexity index is 1280. The second kappa shape index (κ2) is 8.55. The highest BCUT2D eigenvalue weighted by atomic mass is 35.5. The molecule has 0 aliphatic heterocycles. The van der Waals surface area contributed by atoms with Gasteiger partial charge in [-0.05, 0) is 48.5 Å². The summed E-state index contributed by atoms with van der Waals surface area (Å²) in [6, 6.07) is 21.2. The van der Waals surface area contributed by atoms with Gasteiger partial charge >= 0.3 is 0 Å². The van der Waals surface area contributed by atoms with Crippen LogP contribution in [0.5, 0.6) is 0 Å². The van der Waals surface area contributed by atoms with E-state index in [0.29, 0.717) is 10.7 Å². The summed E-state index contributed by atoms with van der Waals surface area (Å²) in [6.45, 7) is 0. The van der Waals surface area contributed by atoms with E-state index in [1.165, 1.54) is 24.3 Å². The molecule has 1 amide bonds. The number of para-hydroxylation sites is 1. The van der Waals surface area contributed by atoms with Gasteiger partial charge in [-0.3, -0.25) is 4.79 Å². The number of rotatable bonds is 6. The van der Waals surface area contributed by atoms with E-state index in [2.05, 4.69) is 10.3 Å². The lowest BCUT2D eigenvalue weighted by Gasteiger charge is -2.07. The van der Waals surface area contributed by atoms with Crippen molar-refractivity contribution in [3.8, 4) is 10.6 Å². The first-order valence-corrected chi connectivity index (χ1v) is 12.0. The van der Waals surface area contributed by atoms with Gasteiger partial charge in [0, 0.05) is 22.7 Å². The van der Waals surface area contributed by atoms with Crippen LogP contribution < -0.4 is 5.32 Å². The Morgan fingerprint density at radius 2 is 1.77 bits per heavy atom. The van der Waals surface area contributed by atoms with Crippen molar-refractivity contribution in [1.82, 2.24) is 4.98 Å². The summed E-state index contributed by atoms with van der Waals surface area (Å²) in [5, 5.41) is 4.09. The summed E-state index contributed by atoms with van der Waals surface area (Å²) in [7, 11) is -3.56. The largest absolute Gasteiger partial charge is 0.326 e. The molecule has 0 fully saturated rings. The standard InChI is InChI=1S/C22H17ClN2O3S2/c23-16-8-10-18(11-9-16)30(27,28)13-12-21(26)24-17-5-3-4-15(14-17)22-25-19-6-1-2-7-20(19)29-22/h1-11,14H,12-13H2,(H,24,26). The molecule has 0 bridgehead atoms. The van der Waals surface area contributed by atoms with Gasteiger partial charge in [0.25, 0.3) is 0 Å². The molecule has 1 aromatic heterocycles. The lowest BCUT2D eigenvalue weighted by atomic mass is 10.2. The number of carbonyl (C=O) groups excluding carboxylic acids is 1. The van der Waals surface area contributed by atoms with Crippen LogP contribution in [0.25, 0.3) is 20.8 Å². The summed E-state index contributed by atoms with van der Waals surface area (Å²) >= 11 is 7.37. The predicted octanol–water partition coefficient (Wildman–Crippen LogP) is 5.42. The quantitative estimate of drug-likeness (QED) is 0.420. The van der Waals surface area contributed by atoms with Crippen LogP contribution in [0, 0.1) is 0 Å². The van der Waals surface area contributed by atoms with Crippen LogP contribution in [0.3, 0.4) is 0 Å². The number of sulfone groups is 1. The molecule has 0 saturated heterocycles. The van der Waals surface area contributed by atoms with Gasteiger partial charge in [0.2, 0.25) is 5.91 Å². The second-order valence-electron chi connectivity index (χ2n) is 6.64. The molecule has 3 aromatic carbocycles. The van der Waals surface area contributed by atoms with Gasteiger partial charge in [-0.15, -0.1) is 11.3 Å². The minimum absolute atomic E-state index is 0.143. The molecule has 0 atom stereocenters. The van der Waals surface area contributed by atoms with E-state index in [1.54, 1.807) is 17.4 Å². The summed E-state index contributed by atoms with van der Waals surface area (Å²) < 4.78 is 25.9. The molecular formula is C22H17ClN2O3S2. The zero-order chi connectivity index (χ0) is 21.1. The third kappa shape index (κ3) is 4.70. The van der Waals surface area contributed by atoms with Crippen LogP contribution in [0.2, 0.25) is 5.02 Å². The highest BCUT2D eigenvalue weighted by Crippen LogP contribution is 2.31. The molecule has 0 unspecified atom stereocenters. The average molecular weight is 457 g/mol. The molecular weight excluding hydrogens is 440 g/mol. The first-order valence-electron chi connectivity index (χ1n) is 9.15. The fraction of sp³-hybridized carbons (Fsp3) is 0.0909. The van der Waals surface area contributed by atoms with Crippen molar-refractivity contribution in [2.75, 3.05) is 11.1 Å². The fourth-order valence-corrected chi connectivity index (χ4v) is 5.26. The Hall–Kier alpha value is -2.74. The molecule has 8 heteroatoms. The number of carbonyl (C=O) groups is 1. The Morgan fingerprint density at radius 1 is 1.00 bits per heavy atom. The zero-order valence-corrected chi connectivity index (χ0v) is 18.1. The normalized spacial score (nSPS) is 11.5. The molecule has 0 spiro atoms. The molecule has 152 valence electrons.